The molecule has 0 aliphatic heterocycles. The summed E-state index contributed by atoms with van der Waals surface area (Å²) in [5.74, 6) is -0.478. The van der Waals surface area contributed by atoms with E-state index in [1.165, 1.54) is 18.2 Å². The van der Waals surface area contributed by atoms with Crippen molar-refractivity contribution in [3.05, 3.63) is 53.3 Å². The standard InChI is InChI=1S/C16H15ClFNO2S/c1-10(21-11-7-8-13(18)12(17)9-11)16(20)19-14-5-3-4-6-15(14)22-2/h3-10H,1-2H3,(H,19,20). The van der Waals surface area contributed by atoms with Gasteiger partial charge in [0.05, 0.1) is 10.7 Å². The fraction of sp³-hybridized carbons (Fsp3) is 0.188. The van der Waals surface area contributed by atoms with Crippen molar-refractivity contribution < 1.29 is 13.9 Å². The highest BCUT2D eigenvalue weighted by Crippen LogP contribution is 2.25. The number of ether oxygens (including phenoxy) is 1. The van der Waals surface area contributed by atoms with E-state index in [2.05, 4.69) is 5.32 Å². The summed E-state index contributed by atoms with van der Waals surface area (Å²) >= 11 is 7.23. The second-order valence-corrected chi connectivity index (χ2v) is 5.78. The summed E-state index contributed by atoms with van der Waals surface area (Å²) < 4.78 is 18.6. The van der Waals surface area contributed by atoms with Gasteiger partial charge >= 0.3 is 0 Å². The van der Waals surface area contributed by atoms with Crippen LogP contribution in [0, 0.1) is 5.82 Å². The van der Waals surface area contributed by atoms with Crippen LogP contribution in [0.2, 0.25) is 5.02 Å². The van der Waals surface area contributed by atoms with Gasteiger partial charge in [-0.2, -0.15) is 0 Å². The Labute approximate surface area is 137 Å². The fourth-order valence-electron chi connectivity index (χ4n) is 1.79. The van der Waals surface area contributed by atoms with E-state index in [1.807, 2.05) is 30.5 Å². The summed E-state index contributed by atoms with van der Waals surface area (Å²) in [5.41, 5.74) is 0.729. The highest BCUT2D eigenvalue weighted by atomic mass is 35.5. The van der Waals surface area contributed by atoms with E-state index >= 15 is 0 Å². The number of anilines is 1. The first-order chi connectivity index (χ1) is 10.5. The minimum absolute atomic E-state index is 0.0437. The lowest BCUT2D eigenvalue weighted by atomic mass is 10.3. The quantitative estimate of drug-likeness (QED) is 0.808. The maximum Gasteiger partial charge on any atom is 0.265 e. The van der Waals surface area contributed by atoms with Gasteiger partial charge in [-0.15, -0.1) is 11.8 Å². The zero-order valence-electron chi connectivity index (χ0n) is 12.1. The third-order valence-corrected chi connectivity index (χ3v) is 4.02. The smallest absolute Gasteiger partial charge is 0.265 e. The van der Waals surface area contributed by atoms with Crippen LogP contribution in [0.1, 0.15) is 6.92 Å². The number of thioether (sulfide) groups is 1. The lowest BCUT2D eigenvalue weighted by Crippen LogP contribution is -2.30. The van der Waals surface area contributed by atoms with Gasteiger partial charge in [0.15, 0.2) is 6.10 Å². The van der Waals surface area contributed by atoms with Gasteiger partial charge in [0.2, 0.25) is 0 Å². The first-order valence-corrected chi connectivity index (χ1v) is 8.17. The van der Waals surface area contributed by atoms with Crippen molar-refractivity contribution in [1.82, 2.24) is 0 Å². The number of amides is 1. The molecule has 2 aromatic rings. The van der Waals surface area contributed by atoms with E-state index in [9.17, 15) is 9.18 Å². The molecule has 0 saturated carbocycles. The Morgan fingerprint density at radius 1 is 1.32 bits per heavy atom. The van der Waals surface area contributed by atoms with Crippen molar-refractivity contribution in [2.24, 2.45) is 0 Å². The topological polar surface area (TPSA) is 38.3 Å². The zero-order chi connectivity index (χ0) is 16.1. The SMILES string of the molecule is CSc1ccccc1NC(=O)C(C)Oc1ccc(F)c(Cl)c1. The maximum absolute atomic E-state index is 13.1. The summed E-state index contributed by atoms with van der Waals surface area (Å²) in [6.45, 7) is 1.62. The van der Waals surface area contributed by atoms with Crippen molar-refractivity contribution in [3.8, 4) is 5.75 Å². The Morgan fingerprint density at radius 3 is 2.73 bits per heavy atom. The number of carbonyl (C=O) groups excluding carboxylic acids is 1. The van der Waals surface area contributed by atoms with Crippen LogP contribution in [0.5, 0.6) is 5.75 Å². The first-order valence-electron chi connectivity index (χ1n) is 6.57. The second kappa shape index (κ2) is 7.51. The number of para-hydroxylation sites is 1. The summed E-state index contributed by atoms with van der Waals surface area (Å²) in [6, 6.07) is 11.5. The molecule has 1 unspecified atom stereocenters. The summed E-state index contributed by atoms with van der Waals surface area (Å²) in [5, 5.41) is 2.77. The molecule has 0 bridgehead atoms. The van der Waals surface area contributed by atoms with Crippen LogP contribution in [0.25, 0.3) is 0 Å². The van der Waals surface area contributed by atoms with E-state index < -0.39 is 11.9 Å². The fourth-order valence-corrected chi connectivity index (χ4v) is 2.51. The van der Waals surface area contributed by atoms with Gasteiger partial charge in [0, 0.05) is 11.0 Å². The normalized spacial score (nSPS) is 11.8. The molecule has 0 aliphatic rings. The lowest BCUT2D eigenvalue weighted by molar-refractivity contribution is -0.122. The molecule has 1 atom stereocenters. The Balaban J connectivity index is 2.04. The monoisotopic (exact) mass is 339 g/mol. The van der Waals surface area contributed by atoms with Gasteiger partial charge in [-0.05, 0) is 37.4 Å². The molecule has 0 fully saturated rings. The second-order valence-electron chi connectivity index (χ2n) is 4.53. The molecule has 6 heteroatoms. The zero-order valence-corrected chi connectivity index (χ0v) is 13.7. The number of hydrogen-bond donors (Lipinski definition) is 1. The highest BCUT2D eigenvalue weighted by molar-refractivity contribution is 7.98. The molecule has 1 amide bonds. The van der Waals surface area contributed by atoms with Gasteiger partial charge in [-0.3, -0.25) is 4.79 Å². The van der Waals surface area contributed by atoms with Crippen LogP contribution >= 0.6 is 23.4 Å². The third-order valence-electron chi connectivity index (χ3n) is 2.94. The van der Waals surface area contributed by atoms with E-state index in [1.54, 1.807) is 18.7 Å². The summed E-state index contributed by atoms with van der Waals surface area (Å²) in [7, 11) is 0. The Kier molecular flexibility index (Phi) is 5.69. The summed E-state index contributed by atoms with van der Waals surface area (Å²) in [6.07, 6.45) is 1.20. The third kappa shape index (κ3) is 4.15. The maximum atomic E-state index is 13.1. The number of benzene rings is 2. The van der Waals surface area contributed by atoms with Crippen molar-refractivity contribution in [1.29, 1.82) is 0 Å². The van der Waals surface area contributed by atoms with Gasteiger partial charge in [0.25, 0.3) is 5.91 Å². The van der Waals surface area contributed by atoms with Gasteiger partial charge in [-0.25, -0.2) is 4.39 Å². The Hall–Kier alpha value is -1.72. The van der Waals surface area contributed by atoms with Gasteiger partial charge < -0.3 is 10.1 Å². The van der Waals surface area contributed by atoms with Crippen LogP contribution in [0.3, 0.4) is 0 Å². The number of carbonyl (C=O) groups is 1. The van der Waals surface area contributed by atoms with E-state index in [4.69, 9.17) is 16.3 Å². The van der Waals surface area contributed by atoms with Crippen molar-refractivity contribution in [2.75, 3.05) is 11.6 Å². The van der Waals surface area contributed by atoms with Crippen molar-refractivity contribution in [2.45, 2.75) is 17.9 Å². The average Bonchev–Trinajstić information content (AvgIpc) is 2.51. The molecule has 3 nitrogen and oxygen atoms in total. The van der Waals surface area contributed by atoms with Crippen molar-refractivity contribution in [3.63, 3.8) is 0 Å². The minimum atomic E-state index is -0.739. The van der Waals surface area contributed by atoms with Crippen molar-refractivity contribution >= 4 is 35.0 Å². The number of rotatable bonds is 5. The highest BCUT2D eigenvalue weighted by Gasteiger charge is 2.16. The molecule has 1 N–H and O–H groups in total. The average molecular weight is 340 g/mol. The molecular weight excluding hydrogens is 325 g/mol. The van der Waals surface area contributed by atoms with E-state index in [0.29, 0.717) is 5.75 Å². The predicted molar refractivity (Wildman–Crippen MR) is 88.4 cm³/mol. The number of nitrogens with one attached hydrogen (secondary N) is 1. The minimum Gasteiger partial charge on any atom is -0.481 e. The lowest BCUT2D eigenvalue weighted by Gasteiger charge is -2.16. The molecular formula is C16H15ClFNO2S. The van der Waals surface area contributed by atoms with Crippen LogP contribution in [-0.4, -0.2) is 18.3 Å². The van der Waals surface area contributed by atoms with Crippen LogP contribution < -0.4 is 10.1 Å². The molecule has 2 rings (SSSR count). The van der Waals surface area contributed by atoms with Crippen LogP contribution in [0.15, 0.2) is 47.4 Å². The molecule has 116 valence electrons. The first kappa shape index (κ1) is 16.6. The van der Waals surface area contributed by atoms with Gasteiger partial charge in [0.1, 0.15) is 11.6 Å². The molecule has 0 radical (unpaired) electrons. The molecule has 0 spiro atoms. The predicted octanol–water partition coefficient (Wildman–Crippen LogP) is 4.61. The summed E-state index contributed by atoms with van der Waals surface area (Å²) in [4.78, 5) is 13.2. The number of halogens is 2. The van der Waals surface area contributed by atoms with E-state index in [0.717, 1.165) is 10.6 Å². The molecule has 2 aromatic carbocycles. The van der Waals surface area contributed by atoms with Crippen LogP contribution in [0.4, 0.5) is 10.1 Å². The number of hydrogen-bond acceptors (Lipinski definition) is 3. The van der Waals surface area contributed by atoms with Crippen LogP contribution in [-0.2, 0) is 4.79 Å². The molecule has 0 aliphatic carbocycles. The Morgan fingerprint density at radius 2 is 2.05 bits per heavy atom. The van der Waals surface area contributed by atoms with E-state index in [-0.39, 0.29) is 10.9 Å². The molecule has 0 saturated heterocycles. The molecule has 0 heterocycles. The Bertz CT molecular complexity index is 681. The molecule has 0 aromatic heterocycles. The molecule has 22 heavy (non-hydrogen) atoms. The largest absolute Gasteiger partial charge is 0.481 e. The van der Waals surface area contributed by atoms with Gasteiger partial charge in [-0.1, -0.05) is 23.7 Å².